The van der Waals surface area contributed by atoms with Crippen molar-refractivity contribution in [3.8, 4) is 11.5 Å². The molecule has 0 aliphatic rings. The number of methoxy groups -OCH3 is 1. The number of ether oxygens (including phenoxy) is 2. The number of carbonyl (C=O) groups excluding carboxylic acids is 1. The van der Waals surface area contributed by atoms with Crippen molar-refractivity contribution in [2.24, 2.45) is 5.10 Å². The van der Waals surface area contributed by atoms with Crippen LogP contribution in [0.2, 0.25) is 0 Å². The number of hydrogen-bond donors (Lipinski definition) is 1. The van der Waals surface area contributed by atoms with Crippen LogP contribution < -0.4 is 20.3 Å². The lowest BCUT2D eigenvalue weighted by Crippen LogP contribution is -2.23. The van der Waals surface area contributed by atoms with E-state index in [1.807, 2.05) is 63.2 Å². The van der Waals surface area contributed by atoms with E-state index >= 15 is 0 Å². The molecule has 0 unspecified atom stereocenters. The van der Waals surface area contributed by atoms with E-state index in [4.69, 9.17) is 14.5 Å². The topological polar surface area (TPSA) is 94.8 Å². The van der Waals surface area contributed by atoms with E-state index < -0.39 is 0 Å². The molecule has 4 aromatic rings. The molecule has 1 N–H and O–H groups in total. The van der Waals surface area contributed by atoms with Gasteiger partial charge in [0.15, 0.2) is 18.1 Å². The van der Waals surface area contributed by atoms with Crippen molar-refractivity contribution in [1.29, 1.82) is 0 Å². The molecule has 1 aromatic heterocycles. The fourth-order valence-corrected chi connectivity index (χ4v) is 4.62. The lowest BCUT2D eigenvalue weighted by molar-refractivity contribution is -0.118. The van der Waals surface area contributed by atoms with Crippen molar-refractivity contribution < 1.29 is 14.3 Å². The first-order valence-corrected chi connectivity index (χ1v) is 14.1. The van der Waals surface area contributed by atoms with Crippen LogP contribution in [0.25, 0.3) is 10.9 Å². The monoisotopic (exact) mass is 616 g/mol. The van der Waals surface area contributed by atoms with Gasteiger partial charge in [0, 0.05) is 21.6 Å². The molecule has 41 heavy (non-hydrogen) atoms. The predicted molar refractivity (Wildman–Crippen MR) is 168 cm³/mol. The van der Waals surface area contributed by atoms with E-state index in [0.717, 1.165) is 22.0 Å². The predicted octanol–water partition coefficient (Wildman–Crippen LogP) is 6.62. The van der Waals surface area contributed by atoms with Crippen LogP contribution in [0.1, 0.15) is 48.7 Å². The summed E-state index contributed by atoms with van der Waals surface area (Å²) in [6.45, 7) is 9.70. The van der Waals surface area contributed by atoms with Gasteiger partial charge < -0.3 is 14.8 Å². The molecule has 0 aliphatic carbocycles. The molecular formula is C32H33BrN4O4. The summed E-state index contributed by atoms with van der Waals surface area (Å²) >= 11 is 3.44. The Hall–Kier alpha value is -4.24. The Labute approximate surface area is 247 Å². The number of aryl methyl sites for hydroxylation is 1. The second-order valence-electron chi connectivity index (χ2n) is 9.71. The van der Waals surface area contributed by atoms with Gasteiger partial charge in [-0.15, -0.1) is 6.58 Å². The zero-order chi connectivity index (χ0) is 29.5. The summed E-state index contributed by atoms with van der Waals surface area (Å²) < 4.78 is 13.7. The van der Waals surface area contributed by atoms with E-state index in [1.165, 1.54) is 11.8 Å². The molecule has 9 heteroatoms. The van der Waals surface area contributed by atoms with E-state index in [2.05, 4.69) is 32.9 Å². The second kappa shape index (κ2) is 13.4. The minimum atomic E-state index is -0.293. The molecule has 0 fully saturated rings. The van der Waals surface area contributed by atoms with Crippen molar-refractivity contribution in [1.82, 2.24) is 9.66 Å². The Balaban J connectivity index is 1.66. The maximum absolute atomic E-state index is 13.5. The van der Waals surface area contributed by atoms with E-state index in [-0.39, 0.29) is 24.0 Å². The maximum Gasteiger partial charge on any atom is 0.282 e. The van der Waals surface area contributed by atoms with Gasteiger partial charge in [-0.3, -0.25) is 9.59 Å². The molecule has 1 atom stereocenters. The molecule has 0 saturated carbocycles. The average Bonchev–Trinajstić information content (AvgIpc) is 2.97. The number of hydrogen-bond acceptors (Lipinski definition) is 6. The number of halogens is 1. The molecular weight excluding hydrogens is 584 g/mol. The summed E-state index contributed by atoms with van der Waals surface area (Å²) in [7, 11) is 1.53. The summed E-state index contributed by atoms with van der Waals surface area (Å²) in [5.41, 5.74) is 3.62. The van der Waals surface area contributed by atoms with Crippen molar-refractivity contribution >= 4 is 44.6 Å². The number of carbonyl (C=O) groups is 1. The zero-order valence-electron chi connectivity index (χ0n) is 23.6. The molecule has 4 rings (SSSR count). The zero-order valence-corrected chi connectivity index (χ0v) is 25.2. The SMILES string of the molecule is C=CCc1cc(C=Nn2c([C@@H](C)CC)nc3ccc(Br)cc3c2=O)cc(OC)c1OCC(=O)Nc1ccc(C)cc1. The molecule has 1 amide bonds. The number of aromatic nitrogens is 2. The fraction of sp³-hybridized carbons (Fsp3) is 0.250. The molecule has 8 nitrogen and oxygen atoms in total. The standard InChI is InChI=1S/C32H33BrN4O4/c1-6-8-23-15-22(16-28(40-5)30(23)41-19-29(38)35-25-12-9-20(3)10-13-25)18-34-37-31(21(4)7-2)36-27-14-11-24(33)17-26(27)32(37)39/h6,9-18,21H,1,7-8,19H2,2-5H3,(H,35,38)/t21-/m0/s1. The van der Waals surface area contributed by atoms with Gasteiger partial charge in [-0.05, 0) is 67.8 Å². The van der Waals surface area contributed by atoms with Crippen molar-refractivity contribution in [3.63, 3.8) is 0 Å². The van der Waals surface area contributed by atoms with Crippen molar-refractivity contribution in [2.45, 2.75) is 39.5 Å². The van der Waals surface area contributed by atoms with Crippen LogP contribution in [0.3, 0.4) is 0 Å². The number of benzene rings is 3. The van der Waals surface area contributed by atoms with E-state index in [1.54, 1.807) is 24.4 Å². The summed E-state index contributed by atoms with van der Waals surface area (Å²) in [4.78, 5) is 30.8. The fourth-order valence-electron chi connectivity index (χ4n) is 4.26. The highest BCUT2D eigenvalue weighted by Gasteiger charge is 2.17. The van der Waals surface area contributed by atoms with Crippen LogP contribution >= 0.6 is 15.9 Å². The van der Waals surface area contributed by atoms with Crippen LogP contribution in [0.4, 0.5) is 5.69 Å². The molecule has 1 heterocycles. The third kappa shape index (κ3) is 7.10. The molecule has 212 valence electrons. The van der Waals surface area contributed by atoms with Crippen LogP contribution in [0.15, 0.2) is 81.6 Å². The normalized spacial score (nSPS) is 11.9. The first-order valence-electron chi connectivity index (χ1n) is 13.3. The molecule has 0 spiro atoms. The third-order valence-electron chi connectivity index (χ3n) is 6.63. The minimum Gasteiger partial charge on any atom is -0.493 e. The lowest BCUT2D eigenvalue weighted by atomic mass is 10.1. The largest absolute Gasteiger partial charge is 0.493 e. The van der Waals surface area contributed by atoms with Gasteiger partial charge in [0.1, 0.15) is 5.82 Å². The Morgan fingerprint density at radius 1 is 1.20 bits per heavy atom. The summed E-state index contributed by atoms with van der Waals surface area (Å²) in [6.07, 6.45) is 4.61. The van der Waals surface area contributed by atoms with Gasteiger partial charge in [-0.1, -0.05) is 53.5 Å². The highest BCUT2D eigenvalue weighted by Crippen LogP contribution is 2.33. The first-order chi connectivity index (χ1) is 19.7. The van der Waals surface area contributed by atoms with Crippen LogP contribution in [-0.4, -0.2) is 35.5 Å². The van der Waals surface area contributed by atoms with Crippen molar-refractivity contribution in [2.75, 3.05) is 19.0 Å². The Morgan fingerprint density at radius 2 is 1.95 bits per heavy atom. The second-order valence-corrected chi connectivity index (χ2v) is 10.6. The van der Waals surface area contributed by atoms with Gasteiger partial charge in [0.05, 0.1) is 24.2 Å². The number of fused-ring (bicyclic) bond motifs is 1. The smallest absolute Gasteiger partial charge is 0.282 e. The Kier molecular flexibility index (Phi) is 9.73. The van der Waals surface area contributed by atoms with Gasteiger partial charge in [0.2, 0.25) is 0 Å². The molecule has 3 aromatic carbocycles. The maximum atomic E-state index is 13.5. The van der Waals surface area contributed by atoms with Crippen LogP contribution in [-0.2, 0) is 11.2 Å². The van der Waals surface area contributed by atoms with Gasteiger partial charge in [-0.2, -0.15) is 9.78 Å². The summed E-state index contributed by atoms with van der Waals surface area (Å²) in [5, 5.41) is 7.88. The van der Waals surface area contributed by atoms with Crippen LogP contribution in [0, 0.1) is 6.92 Å². The summed E-state index contributed by atoms with van der Waals surface area (Å²) in [6, 6.07) is 16.6. The first kappa shape index (κ1) is 29.7. The van der Waals surface area contributed by atoms with Crippen molar-refractivity contribution in [3.05, 3.63) is 105 Å². The highest BCUT2D eigenvalue weighted by atomic mass is 79.9. The Bertz CT molecular complexity index is 1660. The molecule has 0 saturated heterocycles. The van der Waals surface area contributed by atoms with Gasteiger partial charge >= 0.3 is 0 Å². The number of allylic oxidation sites excluding steroid dienone is 1. The number of anilines is 1. The molecule has 0 aliphatic heterocycles. The van der Waals surface area contributed by atoms with E-state index in [9.17, 15) is 9.59 Å². The number of nitrogens with zero attached hydrogens (tertiary/aromatic N) is 3. The summed E-state index contributed by atoms with van der Waals surface area (Å²) in [5.74, 6) is 1.18. The Morgan fingerprint density at radius 3 is 2.63 bits per heavy atom. The van der Waals surface area contributed by atoms with Crippen LogP contribution in [0.5, 0.6) is 11.5 Å². The van der Waals surface area contributed by atoms with Gasteiger partial charge in [0.25, 0.3) is 11.5 Å². The number of rotatable bonds is 11. The lowest BCUT2D eigenvalue weighted by Gasteiger charge is -2.16. The number of nitrogens with one attached hydrogen (secondary N) is 1. The molecule has 0 radical (unpaired) electrons. The van der Waals surface area contributed by atoms with E-state index in [0.29, 0.717) is 45.9 Å². The molecule has 0 bridgehead atoms. The average molecular weight is 618 g/mol. The minimum absolute atomic E-state index is 0.0144. The quantitative estimate of drug-likeness (QED) is 0.151. The number of amides is 1. The highest BCUT2D eigenvalue weighted by molar-refractivity contribution is 9.10. The van der Waals surface area contributed by atoms with Gasteiger partial charge in [-0.25, -0.2) is 4.98 Å². The third-order valence-corrected chi connectivity index (χ3v) is 7.12.